The Morgan fingerprint density at radius 2 is 2.12 bits per heavy atom. The van der Waals surface area contributed by atoms with E-state index in [-0.39, 0.29) is 12.0 Å². The lowest BCUT2D eigenvalue weighted by molar-refractivity contribution is -0.118. The van der Waals surface area contributed by atoms with E-state index in [9.17, 15) is 10.1 Å². The highest BCUT2D eigenvalue weighted by atomic mass is 16.5. The van der Waals surface area contributed by atoms with Gasteiger partial charge in [-0.15, -0.1) is 0 Å². The normalized spacial score (nSPS) is 23.8. The first-order chi connectivity index (χ1) is 12.5. The predicted octanol–water partition coefficient (Wildman–Crippen LogP) is 2.97. The van der Waals surface area contributed by atoms with Crippen molar-refractivity contribution in [3.05, 3.63) is 16.8 Å². The number of nitrogens with zero attached hydrogens (tertiary/aromatic N) is 3. The molecule has 0 spiro atoms. The number of nitriles is 1. The molecule has 0 radical (unpaired) electrons. The van der Waals surface area contributed by atoms with Gasteiger partial charge in [0, 0.05) is 18.3 Å². The molecule has 2 atom stereocenters. The molecule has 2 saturated heterocycles. The largest absolute Gasteiger partial charge is 0.376 e. The van der Waals surface area contributed by atoms with Crippen LogP contribution < -0.4 is 5.32 Å². The molecule has 1 N–H and O–H groups in total. The molecule has 1 aromatic heterocycles. The fraction of sp³-hybridized carbons (Fsp3) is 0.700. The first kappa shape index (κ1) is 18.9. The molecule has 0 bridgehead atoms. The van der Waals surface area contributed by atoms with Gasteiger partial charge in [0.2, 0.25) is 5.91 Å². The number of aromatic nitrogens is 1. The number of anilines is 1. The SMILES string of the molecule is Cc1c(C#N)c(NC(=O)CN2CCCC[C@@H]2C)n(C[C@H]2CCCO2)c1C. The van der Waals surface area contributed by atoms with Crippen LogP contribution in [0, 0.1) is 25.2 Å². The van der Waals surface area contributed by atoms with E-state index in [4.69, 9.17) is 4.74 Å². The second kappa shape index (κ2) is 8.24. The van der Waals surface area contributed by atoms with Crippen molar-refractivity contribution in [2.24, 2.45) is 0 Å². The Morgan fingerprint density at radius 1 is 1.31 bits per heavy atom. The third-order valence-corrected chi connectivity index (χ3v) is 5.90. The average Bonchev–Trinajstić information content (AvgIpc) is 3.20. The number of piperidine rings is 1. The lowest BCUT2D eigenvalue weighted by atomic mass is 10.0. The van der Waals surface area contributed by atoms with Gasteiger partial charge >= 0.3 is 0 Å². The topological polar surface area (TPSA) is 70.3 Å². The number of nitrogens with one attached hydrogen (secondary N) is 1. The minimum absolute atomic E-state index is 0.0404. The van der Waals surface area contributed by atoms with Gasteiger partial charge < -0.3 is 14.6 Å². The standard InChI is InChI=1S/C20H30N4O2/c1-14-7-4-5-9-23(14)13-19(25)22-20-18(11-21)15(2)16(3)24(20)12-17-8-6-10-26-17/h14,17H,4-10,12-13H2,1-3H3,(H,22,25)/t14-,17+/m0/s1. The van der Waals surface area contributed by atoms with E-state index in [0.29, 0.717) is 30.5 Å². The molecule has 1 amide bonds. The van der Waals surface area contributed by atoms with Gasteiger partial charge in [0.1, 0.15) is 11.9 Å². The summed E-state index contributed by atoms with van der Waals surface area (Å²) in [7, 11) is 0. The Balaban J connectivity index is 1.77. The fourth-order valence-corrected chi connectivity index (χ4v) is 4.10. The summed E-state index contributed by atoms with van der Waals surface area (Å²) in [5.41, 5.74) is 2.53. The van der Waals surface area contributed by atoms with Crippen LogP contribution in [0.1, 0.15) is 55.8 Å². The summed E-state index contributed by atoms with van der Waals surface area (Å²) in [6.07, 6.45) is 5.78. The van der Waals surface area contributed by atoms with E-state index in [1.54, 1.807) is 0 Å². The van der Waals surface area contributed by atoms with E-state index in [2.05, 4.69) is 27.8 Å². The Kier molecular flexibility index (Phi) is 6.00. The summed E-state index contributed by atoms with van der Waals surface area (Å²) in [6, 6.07) is 2.71. The van der Waals surface area contributed by atoms with Gasteiger partial charge in [0.25, 0.3) is 0 Å². The fourth-order valence-electron chi connectivity index (χ4n) is 4.10. The van der Waals surface area contributed by atoms with Crippen LogP contribution in [0.2, 0.25) is 0 Å². The number of likely N-dealkylation sites (tertiary alicyclic amines) is 1. The van der Waals surface area contributed by atoms with Crippen molar-refractivity contribution in [1.82, 2.24) is 9.47 Å². The smallest absolute Gasteiger partial charge is 0.239 e. The molecule has 3 heterocycles. The molecular weight excluding hydrogens is 328 g/mol. The number of rotatable bonds is 5. The zero-order valence-electron chi connectivity index (χ0n) is 16.2. The van der Waals surface area contributed by atoms with Crippen LogP contribution in [0.4, 0.5) is 5.82 Å². The first-order valence-electron chi connectivity index (χ1n) is 9.76. The summed E-state index contributed by atoms with van der Waals surface area (Å²) in [5.74, 6) is 0.592. The van der Waals surface area contributed by atoms with Crippen molar-refractivity contribution in [2.75, 3.05) is 25.0 Å². The van der Waals surface area contributed by atoms with Crippen LogP contribution >= 0.6 is 0 Å². The minimum Gasteiger partial charge on any atom is -0.376 e. The number of amides is 1. The Bertz CT molecular complexity index is 698. The maximum atomic E-state index is 12.7. The monoisotopic (exact) mass is 358 g/mol. The minimum atomic E-state index is -0.0404. The van der Waals surface area contributed by atoms with E-state index >= 15 is 0 Å². The van der Waals surface area contributed by atoms with Crippen molar-refractivity contribution in [1.29, 1.82) is 5.26 Å². The molecule has 2 aliphatic heterocycles. The second-order valence-electron chi connectivity index (χ2n) is 7.65. The van der Waals surface area contributed by atoms with Gasteiger partial charge in [-0.2, -0.15) is 5.26 Å². The summed E-state index contributed by atoms with van der Waals surface area (Å²) < 4.78 is 7.82. The maximum absolute atomic E-state index is 12.7. The summed E-state index contributed by atoms with van der Waals surface area (Å²) in [5, 5.41) is 12.7. The molecule has 1 aromatic rings. The van der Waals surface area contributed by atoms with Crippen LogP contribution in [-0.2, 0) is 16.1 Å². The molecule has 6 heteroatoms. The molecule has 0 aromatic carbocycles. The number of carbonyl (C=O) groups is 1. The summed E-state index contributed by atoms with van der Waals surface area (Å²) in [6.45, 7) is 8.97. The Labute approximate surface area is 156 Å². The lowest BCUT2D eigenvalue weighted by Crippen LogP contribution is -2.42. The van der Waals surface area contributed by atoms with Crippen molar-refractivity contribution in [3.63, 3.8) is 0 Å². The predicted molar refractivity (Wildman–Crippen MR) is 101 cm³/mol. The Hall–Kier alpha value is -1.84. The van der Waals surface area contributed by atoms with E-state index in [1.165, 1.54) is 6.42 Å². The summed E-state index contributed by atoms with van der Waals surface area (Å²) in [4.78, 5) is 14.9. The van der Waals surface area contributed by atoms with Crippen LogP contribution in [0.15, 0.2) is 0 Å². The lowest BCUT2D eigenvalue weighted by Gasteiger charge is -2.32. The second-order valence-corrected chi connectivity index (χ2v) is 7.65. The van der Waals surface area contributed by atoms with Crippen LogP contribution in [0.25, 0.3) is 0 Å². The van der Waals surface area contributed by atoms with Gasteiger partial charge in [-0.05, 0) is 58.6 Å². The van der Waals surface area contributed by atoms with E-state index in [0.717, 1.165) is 50.1 Å². The van der Waals surface area contributed by atoms with Crippen LogP contribution in [0.5, 0.6) is 0 Å². The highest BCUT2D eigenvalue weighted by Crippen LogP contribution is 2.28. The highest BCUT2D eigenvalue weighted by molar-refractivity contribution is 5.93. The van der Waals surface area contributed by atoms with E-state index in [1.807, 2.05) is 13.8 Å². The van der Waals surface area contributed by atoms with Crippen molar-refractivity contribution >= 4 is 11.7 Å². The molecule has 142 valence electrons. The van der Waals surface area contributed by atoms with Crippen LogP contribution in [-0.4, -0.2) is 47.2 Å². The third-order valence-electron chi connectivity index (χ3n) is 5.90. The maximum Gasteiger partial charge on any atom is 0.239 e. The van der Waals surface area contributed by atoms with Gasteiger partial charge in [0.15, 0.2) is 0 Å². The molecule has 2 aliphatic rings. The van der Waals surface area contributed by atoms with Crippen molar-refractivity contribution in [3.8, 4) is 6.07 Å². The Morgan fingerprint density at radius 3 is 2.77 bits per heavy atom. The number of hydrogen-bond acceptors (Lipinski definition) is 4. The summed E-state index contributed by atoms with van der Waals surface area (Å²) >= 11 is 0. The number of hydrogen-bond donors (Lipinski definition) is 1. The molecule has 3 rings (SSSR count). The van der Waals surface area contributed by atoms with E-state index < -0.39 is 0 Å². The third kappa shape index (κ3) is 3.94. The average molecular weight is 358 g/mol. The molecule has 0 saturated carbocycles. The highest BCUT2D eigenvalue weighted by Gasteiger charge is 2.25. The van der Waals surface area contributed by atoms with Gasteiger partial charge in [-0.25, -0.2) is 0 Å². The van der Waals surface area contributed by atoms with Crippen LogP contribution in [0.3, 0.4) is 0 Å². The zero-order valence-corrected chi connectivity index (χ0v) is 16.2. The molecule has 6 nitrogen and oxygen atoms in total. The first-order valence-corrected chi connectivity index (χ1v) is 9.76. The molecule has 0 aliphatic carbocycles. The molecular formula is C20H30N4O2. The number of carbonyl (C=O) groups excluding carboxylic acids is 1. The van der Waals surface area contributed by atoms with Gasteiger partial charge in [0.05, 0.1) is 24.8 Å². The quantitative estimate of drug-likeness (QED) is 0.878. The van der Waals surface area contributed by atoms with Crippen molar-refractivity contribution < 1.29 is 9.53 Å². The molecule has 2 fully saturated rings. The zero-order chi connectivity index (χ0) is 18.7. The van der Waals surface area contributed by atoms with Gasteiger partial charge in [-0.1, -0.05) is 6.42 Å². The molecule has 26 heavy (non-hydrogen) atoms. The molecule has 0 unspecified atom stereocenters. The number of ether oxygens (including phenoxy) is 1. The van der Waals surface area contributed by atoms with Crippen molar-refractivity contribution in [2.45, 2.75) is 71.6 Å². The van der Waals surface area contributed by atoms with Gasteiger partial charge in [-0.3, -0.25) is 9.69 Å².